The van der Waals surface area contributed by atoms with Gasteiger partial charge in [-0.25, -0.2) is 18.1 Å². The van der Waals surface area contributed by atoms with E-state index in [1.807, 2.05) is 0 Å². The van der Waals surface area contributed by atoms with E-state index < -0.39 is 14.9 Å². The van der Waals surface area contributed by atoms with Crippen LogP contribution in [0.1, 0.15) is 32.6 Å². The Morgan fingerprint density at radius 1 is 1.31 bits per heavy atom. The van der Waals surface area contributed by atoms with Gasteiger partial charge in [0.25, 0.3) is 5.69 Å². The molecule has 1 heterocycles. The van der Waals surface area contributed by atoms with Crippen molar-refractivity contribution >= 4 is 42.4 Å². The highest BCUT2D eigenvalue weighted by Crippen LogP contribution is 2.32. The van der Waals surface area contributed by atoms with Crippen LogP contribution >= 0.6 is 11.3 Å². The maximum absolute atomic E-state index is 11.5. The molecule has 0 atom stereocenters. The van der Waals surface area contributed by atoms with E-state index in [0.29, 0.717) is 18.5 Å². The van der Waals surface area contributed by atoms with Crippen LogP contribution < -0.4 is 10.0 Å². The SMILES string of the molecule is CCS(=O)(=O)NC[C@H]1CC[C@H](Nc2nc3ccc([N+](=O)[O-])cc3s2)CC1. The van der Waals surface area contributed by atoms with Crippen LogP contribution in [-0.2, 0) is 10.0 Å². The van der Waals surface area contributed by atoms with Gasteiger partial charge in [-0.2, -0.15) is 0 Å². The molecule has 0 amide bonds. The zero-order valence-corrected chi connectivity index (χ0v) is 16.1. The van der Waals surface area contributed by atoms with E-state index in [-0.39, 0.29) is 11.4 Å². The average molecular weight is 399 g/mol. The van der Waals surface area contributed by atoms with E-state index in [9.17, 15) is 18.5 Å². The summed E-state index contributed by atoms with van der Waals surface area (Å²) in [6.07, 6.45) is 3.82. The topological polar surface area (TPSA) is 114 Å². The van der Waals surface area contributed by atoms with Crippen LogP contribution in [0.4, 0.5) is 10.8 Å². The molecule has 1 fully saturated rings. The smallest absolute Gasteiger partial charge is 0.270 e. The minimum Gasteiger partial charge on any atom is -0.359 e. The molecule has 1 aliphatic rings. The fourth-order valence-electron chi connectivity index (χ4n) is 3.12. The van der Waals surface area contributed by atoms with Crippen LogP contribution in [-0.4, -0.2) is 36.7 Å². The van der Waals surface area contributed by atoms with Crippen molar-refractivity contribution in [2.45, 2.75) is 38.6 Å². The average Bonchev–Trinajstić information content (AvgIpc) is 3.02. The van der Waals surface area contributed by atoms with Crippen LogP contribution in [0.25, 0.3) is 10.2 Å². The van der Waals surface area contributed by atoms with E-state index in [0.717, 1.165) is 41.0 Å². The number of nitrogens with one attached hydrogen (secondary N) is 2. The van der Waals surface area contributed by atoms with Gasteiger partial charge in [0.05, 0.1) is 20.9 Å². The Labute approximate surface area is 156 Å². The molecule has 26 heavy (non-hydrogen) atoms. The largest absolute Gasteiger partial charge is 0.359 e. The highest BCUT2D eigenvalue weighted by Gasteiger charge is 2.23. The van der Waals surface area contributed by atoms with Gasteiger partial charge in [-0.1, -0.05) is 11.3 Å². The predicted octanol–water partition coefficient (Wildman–Crippen LogP) is 3.11. The van der Waals surface area contributed by atoms with Crippen LogP contribution in [0.15, 0.2) is 18.2 Å². The minimum atomic E-state index is -3.13. The second-order valence-corrected chi connectivity index (χ2v) is 9.67. The number of non-ortho nitro benzene ring substituents is 1. The Hall–Kier alpha value is -1.78. The summed E-state index contributed by atoms with van der Waals surface area (Å²) in [7, 11) is -3.13. The third kappa shape index (κ3) is 4.68. The minimum absolute atomic E-state index is 0.0720. The molecule has 8 nitrogen and oxygen atoms in total. The number of benzene rings is 1. The summed E-state index contributed by atoms with van der Waals surface area (Å²) in [6, 6.07) is 4.99. The van der Waals surface area contributed by atoms with E-state index >= 15 is 0 Å². The first kappa shape index (κ1) is 19.0. The molecule has 2 aromatic rings. The van der Waals surface area contributed by atoms with E-state index in [1.54, 1.807) is 19.1 Å². The number of hydrogen-bond donors (Lipinski definition) is 2. The zero-order valence-electron chi connectivity index (χ0n) is 14.5. The van der Waals surface area contributed by atoms with Gasteiger partial charge < -0.3 is 5.32 Å². The molecular weight excluding hydrogens is 376 g/mol. The number of anilines is 1. The summed E-state index contributed by atoms with van der Waals surface area (Å²) in [5.74, 6) is 0.479. The van der Waals surface area contributed by atoms with Crippen molar-refractivity contribution in [2.75, 3.05) is 17.6 Å². The van der Waals surface area contributed by atoms with Gasteiger partial charge in [0.15, 0.2) is 5.13 Å². The lowest BCUT2D eigenvalue weighted by molar-refractivity contribution is -0.384. The Morgan fingerprint density at radius 2 is 2.04 bits per heavy atom. The highest BCUT2D eigenvalue weighted by molar-refractivity contribution is 7.89. The van der Waals surface area contributed by atoms with Crippen molar-refractivity contribution in [3.8, 4) is 0 Å². The van der Waals surface area contributed by atoms with Gasteiger partial charge in [-0.15, -0.1) is 0 Å². The lowest BCUT2D eigenvalue weighted by Crippen LogP contribution is -2.34. The number of rotatable bonds is 7. The number of aromatic nitrogens is 1. The maximum Gasteiger partial charge on any atom is 0.270 e. The van der Waals surface area contributed by atoms with Crippen molar-refractivity contribution in [1.82, 2.24) is 9.71 Å². The number of hydrogen-bond acceptors (Lipinski definition) is 7. The molecule has 0 radical (unpaired) electrons. The van der Waals surface area contributed by atoms with E-state index in [2.05, 4.69) is 15.0 Å². The second-order valence-electron chi connectivity index (χ2n) is 6.54. The number of nitro benzene ring substituents is 1. The summed E-state index contributed by atoms with van der Waals surface area (Å²) >= 11 is 1.42. The number of sulfonamides is 1. The Kier molecular flexibility index (Phi) is 5.73. The van der Waals surface area contributed by atoms with Crippen LogP contribution in [0.2, 0.25) is 0 Å². The zero-order chi connectivity index (χ0) is 18.7. The Bertz CT molecular complexity index is 889. The third-order valence-electron chi connectivity index (χ3n) is 4.73. The summed E-state index contributed by atoms with van der Waals surface area (Å²) in [6.45, 7) is 2.14. The number of nitro groups is 1. The van der Waals surface area contributed by atoms with Gasteiger partial charge in [0.1, 0.15) is 0 Å². The first-order chi connectivity index (χ1) is 12.4. The van der Waals surface area contributed by atoms with Gasteiger partial charge in [-0.3, -0.25) is 10.1 Å². The molecule has 1 aromatic carbocycles. The molecule has 1 saturated carbocycles. The summed E-state index contributed by atoms with van der Waals surface area (Å²) in [5, 5.41) is 15.1. The van der Waals surface area contributed by atoms with E-state index in [1.165, 1.54) is 17.4 Å². The first-order valence-electron chi connectivity index (χ1n) is 8.65. The van der Waals surface area contributed by atoms with Crippen molar-refractivity contribution in [2.24, 2.45) is 5.92 Å². The van der Waals surface area contributed by atoms with Crippen LogP contribution in [0.5, 0.6) is 0 Å². The van der Waals surface area contributed by atoms with Gasteiger partial charge in [-0.05, 0) is 44.6 Å². The first-order valence-corrected chi connectivity index (χ1v) is 11.1. The Morgan fingerprint density at radius 3 is 2.69 bits per heavy atom. The maximum atomic E-state index is 11.5. The van der Waals surface area contributed by atoms with E-state index in [4.69, 9.17) is 0 Å². The Balaban J connectivity index is 1.54. The predicted molar refractivity (Wildman–Crippen MR) is 103 cm³/mol. The van der Waals surface area contributed by atoms with Crippen LogP contribution in [0.3, 0.4) is 0 Å². The molecule has 0 bridgehead atoms. The molecule has 10 heteroatoms. The second kappa shape index (κ2) is 7.85. The number of nitrogens with zero attached hydrogens (tertiary/aromatic N) is 2. The molecule has 0 spiro atoms. The molecule has 0 saturated heterocycles. The van der Waals surface area contributed by atoms with Crippen molar-refractivity contribution in [1.29, 1.82) is 0 Å². The molecule has 1 aliphatic carbocycles. The monoisotopic (exact) mass is 398 g/mol. The van der Waals surface area contributed by atoms with Crippen molar-refractivity contribution in [3.63, 3.8) is 0 Å². The summed E-state index contributed by atoms with van der Waals surface area (Å²) < 4.78 is 26.5. The number of fused-ring (bicyclic) bond motifs is 1. The van der Waals surface area contributed by atoms with Gasteiger partial charge >= 0.3 is 0 Å². The summed E-state index contributed by atoms with van der Waals surface area (Å²) in [4.78, 5) is 15.0. The molecule has 1 aromatic heterocycles. The standard InChI is InChI=1S/C16H22N4O4S2/c1-2-26(23,24)17-10-11-3-5-12(6-4-11)18-16-19-14-8-7-13(20(21)22)9-15(14)25-16/h7-9,11-12,17H,2-6,10H2,1H3,(H,18,19)/t11-,12-. The molecule has 3 rings (SSSR count). The van der Waals surface area contributed by atoms with Crippen molar-refractivity contribution < 1.29 is 13.3 Å². The van der Waals surface area contributed by atoms with Crippen molar-refractivity contribution in [3.05, 3.63) is 28.3 Å². The highest BCUT2D eigenvalue weighted by atomic mass is 32.2. The number of thiazole rings is 1. The third-order valence-corrected chi connectivity index (χ3v) is 7.05. The quantitative estimate of drug-likeness (QED) is 0.547. The summed E-state index contributed by atoms with van der Waals surface area (Å²) in [5.41, 5.74) is 0.827. The fraction of sp³-hybridized carbons (Fsp3) is 0.562. The van der Waals surface area contributed by atoms with Crippen LogP contribution in [0, 0.1) is 16.0 Å². The molecule has 142 valence electrons. The van der Waals surface area contributed by atoms with Gasteiger partial charge in [0.2, 0.25) is 10.0 Å². The lowest BCUT2D eigenvalue weighted by atomic mass is 9.86. The fourth-order valence-corrected chi connectivity index (χ4v) is 4.79. The molecule has 0 unspecified atom stereocenters. The normalized spacial score (nSPS) is 21.0. The van der Waals surface area contributed by atoms with Gasteiger partial charge in [0, 0.05) is 24.7 Å². The molecule has 2 N–H and O–H groups in total. The molecular formula is C16H22N4O4S2. The lowest BCUT2D eigenvalue weighted by Gasteiger charge is -2.29. The molecule has 0 aliphatic heterocycles.